The van der Waals surface area contributed by atoms with Crippen LogP contribution in [0.2, 0.25) is 0 Å². The van der Waals surface area contributed by atoms with Crippen LogP contribution in [0.3, 0.4) is 0 Å². The molecule has 0 spiro atoms. The van der Waals surface area contributed by atoms with Crippen molar-refractivity contribution in [3.05, 3.63) is 16.9 Å². The lowest BCUT2D eigenvalue weighted by Gasteiger charge is -2.34. The van der Waals surface area contributed by atoms with Gasteiger partial charge in [-0.3, -0.25) is 0 Å². The lowest BCUT2D eigenvalue weighted by atomic mass is 10.1. The maximum Gasteiger partial charge on any atom is 0.141 e. The summed E-state index contributed by atoms with van der Waals surface area (Å²) in [6.07, 6.45) is 7.57. The Morgan fingerprint density at radius 3 is 3.00 bits per heavy atom. The van der Waals surface area contributed by atoms with E-state index in [1.54, 1.807) is 0 Å². The third kappa shape index (κ3) is 2.93. The maximum atomic E-state index is 10.2. The number of aromatic amines is 1. The van der Waals surface area contributed by atoms with Crippen LogP contribution in [-0.2, 0) is 0 Å². The molecule has 23 heavy (non-hydrogen) atoms. The minimum Gasteiger partial charge on any atom is -0.374 e. The van der Waals surface area contributed by atoms with Crippen molar-refractivity contribution in [2.45, 2.75) is 38.0 Å². The summed E-state index contributed by atoms with van der Waals surface area (Å²) >= 11 is 3.65. The highest BCUT2D eigenvalue weighted by molar-refractivity contribution is 9.10. The fraction of sp³-hybridized carbons (Fsp3) is 0.562. The van der Waals surface area contributed by atoms with Gasteiger partial charge in [-0.2, -0.15) is 0 Å². The van der Waals surface area contributed by atoms with Crippen LogP contribution in [0, 0.1) is 5.92 Å². The molecule has 1 saturated heterocycles. The van der Waals surface area contributed by atoms with Crippen molar-refractivity contribution in [3.8, 4) is 0 Å². The summed E-state index contributed by atoms with van der Waals surface area (Å²) in [5.41, 5.74) is 9.00. The number of pyridine rings is 1. The molecule has 2 aliphatic rings. The third-order valence-electron chi connectivity index (χ3n) is 4.78. The van der Waals surface area contributed by atoms with Crippen molar-refractivity contribution < 1.29 is 5.11 Å². The number of aliphatic hydroxyl groups excluding tert-OH is 1. The minimum atomic E-state index is -0.496. The standard InChI is InChI=1S/C16H22BrN5O/c17-11-6-19-15-13(14(11)22-5-1-2-10(18)8-22)12(7-20-15)21-16(23)9-3-4-9/h6-7,9-10,16,21,23H,1-5,8,18H2,(H,19,20). The Bertz CT molecular complexity index is 714. The van der Waals surface area contributed by atoms with Crippen molar-refractivity contribution in [1.82, 2.24) is 9.97 Å². The average molecular weight is 380 g/mol. The first kappa shape index (κ1) is 15.2. The zero-order valence-corrected chi connectivity index (χ0v) is 14.5. The number of halogens is 1. The van der Waals surface area contributed by atoms with Gasteiger partial charge in [-0.15, -0.1) is 0 Å². The number of hydrogen-bond donors (Lipinski definition) is 4. The molecule has 0 amide bonds. The Hall–Kier alpha value is -1.31. The molecule has 124 valence electrons. The highest BCUT2D eigenvalue weighted by Gasteiger charge is 2.31. The van der Waals surface area contributed by atoms with Crippen LogP contribution in [0.25, 0.3) is 11.0 Å². The molecule has 5 N–H and O–H groups in total. The Labute approximate surface area is 143 Å². The van der Waals surface area contributed by atoms with Crippen LogP contribution in [0.15, 0.2) is 16.9 Å². The monoisotopic (exact) mass is 379 g/mol. The van der Waals surface area contributed by atoms with E-state index in [2.05, 4.69) is 36.1 Å². The molecule has 2 fully saturated rings. The lowest BCUT2D eigenvalue weighted by molar-refractivity contribution is 0.180. The zero-order chi connectivity index (χ0) is 16.0. The van der Waals surface area contributed by atoms with Crippen molar-refractivity contribution >= 4 is 38.3 Å². The molecule has 2 unspecified atom stereocenters. The molecule has 1 saturated carbocycles. The summed E-state index contributed by atoms with van der Waals surface area (Å²) < 4.78 is 0.961. The molecule has 1 aliphatic heterocycles. The van der Waals surface area contributed by atoms with Gasteiger partial charge in [-0.05, 0) is 41.6 Å². The minimum absolute atomic E-state index is 0.200. The SMILES string of the molecule is NC1CCCN(c2c(Br)cnc3[nH]cc(NC(O)C4CC4)c23)C1. The van der Waals surface area contributed by atoms with Gasteiger partial charge in [-0.1, -0.05) is 0 Å². The van der Waals surface area contributed by atoms with Crippen LogP contribution in [0.1, 0.15) is 25.7 Å². The predicted octanol–water partition coefficient (Wildman–Crippen LogP) is 2.39. The van der Waals surface area contributed by atoms with Gasteiger partial charge in [0.15, 0.2) is 0 Å². The van der Waals surface area contributed by atoms with E-state index in [0.717, 1.165) is 65.7 Å². The fourth-order valence-corrected chi connectivity index (χ4v) is 3.93. The molecule has 2 atom stereocenters. The number of hydrogen-bond acceptors (Lipinski definition) is 5. The van der Waals surface area contributed by atoms with E-state index in [4.69, 9.17) is 5.73 Å². The molecule has 6 nitrogen and oxygen atoms in total. The van der Waals surface area contributed by atoms with Crippen LogP contribution in [-0.4, -0.2) is 40.4 Å². The van der Waals surface area contributed by atoms with Crippen LogP contribution < -0.4 is 16.0 Å². The number of nitrogens with one attached hydrogen (secondary N) is 2. The fourth-order valence-electron chi connectivity index (χ4n) is 3.38. The number of anilines is 2. The Balaban J connectivity index is 1.74. The Morgan fingerprint density at radius 1 is 1.43 bits per heavy atom. The smallest absolute Gasteiger partial charge is 0.141 e. The first-order chi connectivity index (χ1) is 11.1. The second-order valence-electron chi connectivity index (χ2n) is 6.66. The maximum absolute atomic E-state index is 10.2. The summed E-state index contributed by atoms with van der Waals surface area (Å²) in [6.45, 7) is 1.83. The number of H-pyrrole nitrogens is 1. The Morgan fingerprint density at radius 2 is 2.26 bits per heavy atom. The van der Waals surface area contributed by atoms with E-state index >= 15 is 0 Å². The molecule has 7 heteroatoms. The van der Waals surface area contributed by atoms with Gasteiger partial charge in [0, 0.05) is 37.4 Å². The van der Waals surface area contributed by atoms with Crippen LogP contribution >= 0.6 is 15.9 Å². The van der Waals surface area contributed by atoms with Gasteiger partial charge >= 0.3 is 0 Å². The van der Waals surface area contributed by atoms with Crippen molar-refractivity contribution in [2.75, 3.05) is 23.3 Å². The third-order valence-corrected chi connectivity index (χ3v) is 5.36. The van der Waals surface area contributed by atoms with Gasteiger partial charge in [0.25, 0.3) is 0 Å². The normalized spacial score (nSPS) is 23.3. The number of nitrogens with two attached hydrogens (primary N) is 1. The first-order valence-corrected chi connectivity index (χ1v) is 9.03. The second kappa shape index (κ2) is 5.96. The largest absolute Gasteiger partial charge is 0.374 e. The van der Waals surface area contributed by atoms with E-state index in [1.165, 1.54) is 0 Å². The highest BCUT2D eigenvalue weighted by atomic mass is 79.9. The number of fused-ring (bicyclic) bond motifs is 1. The molecule has 2 aromatic rings. The van der Waals surface area contributed by atoms with E-state index in [1.807, 2.05) is 12.4 Å². The first-order valence-electron chi connectivity index (χ1n) is 8.24. The molecular weight excluding hydrogens is 358 g/mol. The quantitative estimate of drug-likeness (QED) is 0.612. The summed E-state index contributed by atoms with van der Waals surface area (Å²) in [4.78, 5) is 9.99. The number of piperidine rings is 1. The van der Waals surface area contributed by atoms with Crippen molar-refractivity contribution in [3.63, 3.8) is 0 Å². The number of aromatic nitrogens is 2. The van der Waals surface area contributed by atoms with Gasteiger partial charge in [0.05, 0.1) is 21.2 Å². The molecule has 3 heterocycles. The van der Waals surface area contributed by atoms with Crippen LogP contribution in [0.4, 0.5) is 11.4 Å². The summed E-state index contributed by atoms with van der Waals surface area (Å²) in [5, 5.41) is 14.5. The van der Waals surface area contributed by atoms with E-state index < -0.39 is 6.23 Å². The number of aliphatic hydroxyl groups is 1. The second-order valence-corrected chi connectivity index (χ2v) is 7.51. The lowest BCUT2D eigenvalue weighted by Crippen LogP contribution is -2.43. The molecule has 0 aromatic carbocycles. The zero-order valence-electron chi connectivity index (χ0n) is 12.9. The van der Waals surface area contributed by atoms with Gasteiger partial charge < -0.3 is 26.0 Å². The molecule has 2 aromatic heterocycles. The van der Waals surface area contributed by atoms with Crippen molar-refractivity contribution in [1.29, 1.82) is 0 Å². The Kier molecular flexibility index (Phi) is 3.95. The summed E-state index contributed by atoms with van der Waals surface area (Å²) in [5.74, 6) is 0.368. The van der Waals surface area contributed by atoms with E-state index in [-0.39, 0.29) is 6.04 Å². The summed E-state index contributed by atoms with van der Waals surface area (Å²) in [7, 11) is 0. The van der Waals surface area contributed by atoms with E-state index in [0.29, 0.717) is 5.92 Å². The average Bonchev–Trinajstić information content (AvgIpc) is 3.31. The topological polar surface area (TPSA) is 90.2 Å². The van der Waals surface area contributed by atoms with E-state index in [9.17, 15) is 5.11 Å². The molecule has 1 aliphatic carbocycles. The molecule has 0 radical (unpaired) electrons. The van der Waals surface area contributed by atoms with Gasteiger partial charge in [0.1, 0.15) is 11.9 Å². The predicted molar refractivity (Wildman–Crippen MR) is 95.6 cm³/mol. The highest BCUT2D eigenvalue weighted by Crippen LogP contribution is 2.40. The molecule has 0 bridgehead atoms. The van der Waals surface area contributed by atoms with Gasteiger partial charge in [-0.25, -0.2) is 4.98 Å². The number of nitrogens with zero attached hydrogens (tertiary/aromatic N) is 2. The molecular formula is C16H22BrN5O. The molecule has 4 rings (SSSR count). The van der Waals surface area contributed by atoms with Crippen LogP contribution in [0.5, 0.6) is 0 Å². The summed E-state index contributed by atoms with van der Waals surface area (Å²) in [6, 6.07) is 0.200. The van der Waals surface area contributed by atoms with Gasteiger partial charge in [0.2, 0.25) is 0 Å². The van der Waals surface area contributed by atoms with Crippen molar-refractivity contribution in [2.24, 2.45) is 11.7 Å². The number of rotatable bonds is 4.